The number of amides is 2. The van der Waals surface area contributed by atoms with Gasteiger partial charge in [0.25, 0.3) is 5.91 Å². The number of hydrogen-bond acceptors (Lipinski definition) is 4. The predicted molar refractivity (Wildman–Crippen MR) is 107 cm³/mol. The van der Waals surface area contributed by atoms with Gasteiger partial charge in [0, 0.05) is 29.3 Å². The Balaban J connectivity index is 1.69. The zero-order chi connectivity index (χ0) is 19.9. The summed E-state index contributed by atoms with van der Waals surface area (Å²) in [6.07, 6.45) is 4.28. The third-order valence-electron chi connectivity index (χ3n) is 3.92. The smallest absolute Gasteiger partial charge is 0.323 e. The van der Waals surface area contributed by atoms with E-state index in [4.69, 9.17) is 0 Å². The number of nitrogens with zero attached hydrogens (tertiary/aromatic N) is 2. The van der Waals surface area contributed by atoms with Crippen molar-refractivity contribution in [2.24, 2.45) is 0 Å². The maximum Gasteiger partial charge on any atom is 0.347 e. The van der Waals surface area contributed by atoms with Crippen LogP contribution in [0.4, 0.5) is 11.4 Å². The fraction of sp³-hybridized carbons (Fsp3) is 0.0476. The third-order valence-corrected chi connectivity index (χ3v) is 3.92. The molecular formula is C21H18N4O3. The molecule has 0 fully saturated rings. The molecule has 0 aliphatic rings. The van der Waals surface area contributed by atoms with E-state index < -0.39 is 0 Å². The lowest BCUT2D eigenvalue weighted by Crippen LogP contribution is -2.22. The normalized spacial score (nSPS) is 10.1. The van der Waals surface area contributed by atoms with Gasteiger partial charge in [-0.05, 0) is 54.1 Å². The molecule has 0 saturated heterocycles. The first-order chi connectivity index (χ1) is 13.5. The number of hydrogen-bond donors (Lipinski definition) is 2. The van der Waals surface area contributed by atoms with Gasteiger partial charge in [-0.1, -0.05) is 18.7 Å². The number of carbonyl (C=O) groups is 2. The molecule has 2 aromatic carbocycles. The van der Waals surface area contributed by atoms with Crippen molar-refractivity contribution >= 4 is 23.2 Å². The molecule has 3 rings (SSSR count). The van der Waals surface area contributed by atoms with Crippen LogP contribution in [0.2, 0.25) is 0 Å². The van der Waals surface area contributed by atoms with Gasteiger partial charge in [-0.15, -0.1) is 0 Å². The summed E-state index contributed by atoms with van der Waals surface area (Å²) in [4.78, 5) is 39.2. The van der Waals surface area contributed by atoms with E-state index in [-0.39, 0.29) is 17.5 Å². The molecule has 0 atom stereocenters. The molecule has 7 nitrogen and oxygen atoms in total. The minimum absolute atomic E-state index is 0.280. The number of aromatic nitrogens is 2. The molecule has 0 radical (unpaired) electrons. The highest BCUT2D eigenvalue weighted by molar-refractivity contribution is 6.05. The van der Waals surface area contributed by atoms with Gasteiger partial charge < -0.3 is 10.6 Å². The lowest BCUT2D eigenvalue weighted by molar-refractivity contribution is -0.111. The van der Waals surface area contributed by atoms with Crippen molar-refractivity contribution in [2.75, 3.05) is 10.6 Å². The van der Waals surface area contributed by atoms with E-state index in [1.54, 1.807) is 54.7 Å². The van der Waals surface area contributed by atoms with Crippen molar-refractivity contribution in [3.8, 4) is 0 Å². The predicted octanol–water partition coefficient (Wildman–Crippen LogP) is 2.67. The highest BCUT2D eigenvalue weighted by atomic mass is 16.2. The van der Waals surface area contributed by atoms with Gasteiger partial charge >= 0.3 is 5.69 Å². The number of rotatable bonds is 6. The van der Waals surface area contributed by atoms with Gasteiger partial charge in [-0.3, -0.25) is 14.2 Å². The molecule has 1 heterocycles. The van der Waals surface area contributed by atoms with Crippen LogP contribution in [0.25, 0.3) is 0 Å². The molecule has 2 amide bonds. The van der Waals surface area contributed by atoms with Gasteiger partial charge in [0.1, 0.15) is 0 Å². The van der Waals surface area contributed by atoms with Crippen LogP contribution in [0.15, 0.2) is 84.4 Å². The Labute approximate surface area is 161 Å². The average Bonchev–Trinajstić information content (AvgIpc) is 2.70. The summed E-state index contributed by atoms with van der Waals surface area (Å²) in [6.45, 7) is 3.74. The summed E-state index contributed by atoms with van der Waals surface area (Å²) in [6, 6.07) is 15.5. The van der Waals surface area contributed by atoms with Crippen LogP contribution in [-0.4, -0.2) is 21.4 Å². The highest BCUT2D eigenvalue weighted by Crippen LogP contribution is 2.15. The van der Waals surface area contributed by atoms with Gasteiger partial charge in [-0.25, -0.2) is 9.78 Å². The van der Waals surface area contributed by atoms with E-state index in [1.807, 2.05) is 6.07 Å². The lowest BCUT2D eigenvalue weighted by Gasteiger charge is -2.09. The van der Waals surface area contributed by atoms with Crippen LogP contribution < -0.4 is 16.3 Å². The quantitative estimate of drug-likeness (QED) is 0.649. The molecular weight excluding hydrogens is 356 g/mol. The van der Waals surface area contributed by atoms with Crippen LogP contribution >= 0.6 is 0 Å². The average molecular weight is 374 g/mol. The Morgan fingerprint density at radius 3 is 2.54 bits per heavy atom. The number of carbonyl (C=O) groups excluding carboxylic acids is 2. The SMILES string of the molecule is C=CC(=O)Nc1ccc(C(=O)Nc2cccc(Cn3cccnc3=O)c2)cc1. The molecule has 0 bridgehead atoms. The summed E-state index contributed by atoms with van der Waals surface area (Å²) in [5.41, 5.74) is 2.16. The summed E-state index contributed by atoms with van der Waals surface area (Å²) in [5, 5.41) is 5.45. The Kier molecular flexibility index (Phi) is 5.76. The van der Waals surface area contributed by atoms with E-state index in [2.05, 4.69) is 22.2 Å². The van der Waals surface area contributed by atoms with Crippen LogP contribution in [0, 0.1) is 0 Å². The van der Waals surface area contributed by atoms with E-state index in [0.717, 1.165) is 5.56 Å². The number of benzene rings is 2. The zero-order valence-electron chi connectivity index (χ0n) is 15.0. The summed E-state index contributed by atoms with van der Waals surface area (Å²) < 4.78 is 1.48. The molecule has 1 aromatic heterocycles. The summed E-state index contributed by atoms with van der Waals surface area (Å²) >= 11 is 0. The Hall–Kier alpha value is -4.00. The second kappa shape index (κ2) is 8.59. The number of nitrogens with one attached hydrogen (secondary N) is 2. The Morgan fingerprint density at radius 2 is 1.82 bits per heavy atom. The van der Waals surface area contributed by atoms with Crippen molar-refractivity contribution in [1.82, 2.24) is 9.55 Å². The molecule has 2 N–H and O–H groups in total. The van der Waals surface area contributed by atoms with Gasteiger partial charge in [0.15, 0.2) is 0 Å². The van der Waals surface area contributed by atoms with Crippen LogP contribution in [-0.2, 0) is 11.3 Å². The first-order valence-corrected chi connectivity index (χ1v) is 8.50. The Bertz CT molecular complexity index is 1070. The van der Waals surface area contributed by atoms with Crippen LogP contribution in [0.1, 0.15) is 15.9 Å². The van der Waals surface area contributed by atoms with Crippen LogP contribution in [0.3, 0.4) is 0 Å². The van der Waals surface area contributed by atoms with Gasteiger partial charge in [-0.2, -0.15) is 0 Å². The van der Waals surface area contributed by atoms with E-state index in [1.165, 1.54) is 16.8 Å². The fourth-order valence-electron chi connectivity index (χ4n) is 2.55. The zero-order valence-corrected chi connectivity index (χ0v) is 15.0. The first-order valence-electron chi connectivity index (χ1n) is 8.50. The second-order valence-corrected chi connectivity index (χ2v) is 5.96. The van der Waals surface area contributed by atoms with Crippen LogP contribution in [0.5, 0.6) is 0 Å². The minimum atomic E-state index is -0.333. The van der Waals surface area contributed by atoms with Crippen molar-refractivity contribution in [1.29, 1.82) is 0 Å². The standard InChI is InChI=1S/C21H18N4O3/c1-2-19(26)23-17-9-7-16(8-10-17)20(27)24-18-6-3-5-15(13-18)14-25-12-4-11-22-21(25)28/h2-13H,1,14H2,(H,23,26)(H,24,27). The molecule has 0 spiro atoms. The summed E-state index contributed by atoms with van der Waals surface area (Å²) in [5.74, 6) is -0.598. The second-order valence-electron chi connectivity index (χ2n) is 5.96. The lowest BCUT2D eigenvalue weighted by atomic mass is 10.1. The summed E-state index contributed by atoms with van der Waals surface area (Å²) in [7, 11) is 0. The largest absolute Gasteiger partial charge is 0.347 e. The molecule has 0 aliphatic carbocycles. The van der Waals surface area contributed by atoms with Gasteiger partial charge in [0.05, 0.1) is 6.54 Å². The molecule has 3 aromatic rings. The molecule has 0 unspecified atom stereocenters. The first kappa shape index (κ1) is 18.8. The van der Waals surface area contributed by atoms with E-state index >= 15 is 0 Å². The van der Waals surface area contributed by atoms with Crippen molar-refractivity contribution in [2.45, 2.75) is 6.54 Å². The van der Waals surface area contributed by atoms with E-state index in [9.17, 15) is 14.4 Å². The maximum absolute atomic E-state index is 12.4. The molecule has 140 valence electrons. The Morgan fingerprint density at radius 1 is 1.04 bits per heavy atom. The maximum atomic E-state index is 12.4. The minimum Gasteiger partial charge on any atom is -0.323 e. The third kappa shape index (κ3) is 4.79. The topological polar surface area (TPSA) is 93.1 Å². The van der Waals surface area contributed by atoms with Gasteiger partial charge in [0.2, 0.25) is 5.91 Å². The monoisotopic (exact) mass is 374 g/mol. The number of anilines is 2. The molecule has 0 saturated carbocycles. The molecule has 7 heteroatoms. The van der Waals surface area contributed by atoms with Crippen molar-refractivity contribution < 1.29 is 9.59 Å². The molecule has 28 heavy (non-hydrogen) atoms. The van der Waals surface area contributed by atoms with Crippen molar-refractivity contribution in [3.63, 3.8) is 0 Å². The van der Waals surface area contributed by atoms with E-state index in [0.29, 0.717) is 23.5 Å². The van der Waals surface area contributed by atoms with Crippen molar-refractivity contribution in [3.05, 3.63) is 101 Å². The molecule has 0 aliphatic heterocycles. The fourth-order valence-corrected chi connectivity index (χ4v) is 2.55. The highest BCUT2D eigenvalue weighted by Gasteiger charge is 2.07.